The van der Waals surface area contributed by atoms with Gasteiger partial charge < -0.3 is 14.8 Å². The number of ether oxygens (including phenoxy) is 2. The fraction of sp³-hybridized carbons (Fsp3) is 0.600. The van der Waals surface area contributed by atoms with Gasteiger partial charge in [0.25, 0.3) is 0 Å². The van der Waals surface area contributed by atoms with Crippen LogP contribution in [0.5, 0.6) is 11.5 Å². The summed E-state index contributed by atoms with van der Waals surface area (Å²) in [5.74, 6) is 1.27. The molecule has 0 aromatic heterocycles. The Bertz CT molecular complexity index is 396. The van der Waals surface area contributed by atoms with E-state index in [1.54, 1.807) is 14.2 Å². The van der Waals surface area contributed by atoms with Gasteiger partial charge in [-0.25, -0.2) is 0 Å². The Morgan fingerprint density at radius 3 is 2.47 bits per heavy atom. The van der Waals surface area contributed by atoms with E-state index in [1.165, 1.54) is 12.8 Å². The normalized spacial score (nSPS) is 12.3. The Morgan fingerprint density at radius 2 is 1.95 bits per heavy atom. The lowest BCUT2D eigenvalue weighted by molar-refractivity contribution is 0.354. The van der Waals surface area contributed by atoms with Gasteiger partial charge in [-0.3, -0.25) is 0 Å². The van der Waals surface area contributed by atoms with Crippen molar-refractivity contribution in [2.75, 3.05) is 14.2 Å². The average molecular weight is 286 g/mol. The van der Waals surface area contributed by atoms with Gasteiger partial charge in [-0.2, -0.15) is 0 Å². The van der Waals surface area contributed by atoms with Crippen molar-refractivity contribution in [1.29, 1.82) is 0 Å². The number of nitrogens with one attached hydrogen (secondary N) is 1. The van der Waals surface area contributed by atoms with Gasteiger partial charge in [0.1, 0.15) is 0 Å². The van der Waals surface area contributed by atoms with Crippen LogP contribution in [0.2, 0.25) is 5.02 Å². The van der Waals surface area contributed by atoms with Gasteiger partial charge in [-0.15, -0.1) is 0 Å². The van der Waals surface area contributed by atoms with Crippen LogP contribution in [-0.2, 0) is 6.54 Å². The maximum absolute atomic E-state index is 6.19. The third-order valence-corrected chi connectivity index (χ3v) is 3.50. The van der Waals surface area contributed by atoms with Crippen LogP contribution in [0.3, 0.4) is 0 Å². The Hall–Kier alpha value is -0.930. The molecule has 0 amide bonds. The summed E-state index contributed by atoms with van der Waals surface area (Å²) in [5, 5.41) is 4.13. The summed E-state index contributed by atoms with van der Waals surface area (Å²) in [6.45, 7) is 5.20. The van der Waals surface area contributed by atoms with Crippen molar-refractivity contribution in [1.82, 2.24) is 5.32 Å². The highest BCUT2D eigenvalue weighted by Gasteiger charge is 2.11. The first kappa shape index (κ1) is 16.1. The van der Waals surface area contributed by atoms with Gasteiger partial charge in [-0.1, -0.05) is 31.9 Å². The third-order valence-electron chi connectivity index (χ3n) is 3.22. The van der Waals surface area contributed by atoms with E-state index in [0.29, 0.717) is 22.6 Å². The van der Waals surface area contributed by atoms with Crippen molar-refractivity contribution in [3.8, 4) is 11.5 Å². The molecule has 0 saturated carbocycles. The smallest absolute Gasteiger partial charge is 0.179 e. The summed E-state index contributed by atoms with van der Waals surface area (Å²) in [7, 11) is 3.22. The van der Waals surface area contributed by atoms with Crippen LogP contribution < -0.4 is 14.8 Å². The van der Waals surface area contributed by atoms with E-state index in [-0.39, 0.29) is 0 Å². The molecular weight excluding hydrogens is 262 g/mol. The lowest BCUT2D eigenvalue weighted by Gasteiger charge is -2.17. The summed E-state index contributed by atoms with van der Waals surface area (Å²) < 4.78 is 10.5. The molecule has 0 spiro atoms. The number of benzene rings is 1. The zero-order valence-corrected chi connectivity index (χ0v) is 13.0. The molecule has 0 aliphatic rings. The fourth-order valence-electron chi connectivity index (χ4n) is 2.13. The molecule has 3 nitrogen and oxygen atoms in total. The van der Waals surface area contributed by atoms with Crippen LogP contribution in [0.4, 0.5) is 0 Å². The molecule has 4 heteroatoms. The third kappa shape index (κ3) is 4.59. The monoisotopic (exact) mass is 285 g/mol. The van der Waals surface area contributed by atoms with E-state index in [4.69, 9.17) is 21.1 Å². The number of halogens is 1. The molecule has 1 unspecified atom stereocenters. The van der Waals surface area contributed by atoms with Gasteiger partial charge in [0.15, 0.2) is 11.5 Å². The minimum absolute atomic E-state index is 0.553. The molecule has 0 saturated heterocycles. The zero-order chi connectivity index (χ0) is 14.3. The molecule has 0 heterocycles. The van der Waals surface area contributed by atoms with Crippen molar-refractivity contribution < 1.29 is 9.47 Å². The maximum atomic E-state index is 6.19. The SMILES string of the molecule is CCCC(CC)NCc1cc(Cl)c(OC)c(OC)c1. The molecule has 1 aromatic carbocycles. The van der Waals surface area contributed by atoms with Crippen LogP contribution in [0.25, 0.3) is 0 Å². The average Bonchev–Trinajstić information content (AvgIpc) is 2.42. The summed E-state index contributed by atoms with van der Waals surface area (Å²) in [5.41, 5.74) is 1.11. The quantitative estimate of drug-likeness (QED) is 0.782. The number of methoxy groups -OCH3 is 2. The molecule has 1 N–H and O–H groups in total. The van der Waals surface area contributed by atoms with Crippen LogP contribution in [-0.4, -0.2) is 20.3 Å². The van der Waals surface area contributed by atoms with Crippen LogP contribution in [0, 0.1) is 0 Å². The Kier molecular flexibility index (Phi) is 7.03. The molecule has 1 atom stereocenters. The Balaban J connectivity index is 2.76. The minimum Gasteiger partial charge on any atom is -0.493 e. The standard InChI is InChI=1S/C15H24ClNO2/c1-5-7-12(6-2)17-10-11-8-13(16)15(19-4)14(9-11)18-3/h8-9,12,17H,5-7,10H2,1-4H3. The lowest BCUT2D eigenvalue weighted by Crippen LogP contribution is -2.27. The second kappa shape index (κ2) is 8.28. The molecule has 0 fully saturated rings. The molecule has 0 radical (unpaired) electrons. The summed E-state index contributed by atoms with van der Waals surface area (Å²) >= 11 is 6.19. The Morgan fingerprint density at radius 1 is 1.21 bits per heavy atom. The van der Waals surface area contributed by atoms with Crippen molar-refractivity contribution in [2.45, 2.75) is 45.7 Å². The molecule has 1 aromatic rings. The van der Waals surface area contributed by atoms with Gasteiger partial charge in [0.2, 0.25) is 0 Å². The van der Waals surface area contributed by atoms with Crippen molar-refractivity contribution in [3.63, 3.8) is 0 Å². The van der Waals surface area contributed by atoms with E-state index in [0.717, 1.165) is 18.5 Å². The number of hydrogen-bond acceptors (Lipinski definition) is 3. The lowest BCUT2D eigenvalue weighted by atomic mass is 10.1. The molecule has 108 valence electrons. The largest absolute Gasteiger partial charge is 0.493 e. The van der Waals surface area contributed by atoms with Crippen molar-refractivity contribution in [2.24, 2.45) is 0 Å². The van der Waals surface area contributed by atoms with Crippen LogP contribution in [0.15, 0.2) is 12.1 Å². The highest BCUT2D eigenvalue weighted by atomic mass is 35.5. The van der Waals surface area contributed by atoms with Crippen LogP contribution in [0.1, 0.15) is 38.7 Å². The van der Waals surface area contributed by atoms with Crippen molar-refractivity contribution in [3.05, 3.63) is 22.7 Å². The first-order valence-electron chi connectivity index (χ1n) is 6.79. The van der Waals surface area contributed by atoms with Gasteiger partial charge in [0.05, 0.1) is 19.2 Å². The van der Waals surface area contributed by atoms with E-state index in [2.05, 4.69) is 19.2 Å². The second-order valence-corrected chi connectivity index (χ2v) is 5.00. The molecule has 1 rings (SSSR count). The van der Waals surface area contributed by atoms with Gasteiger partial charge in [0, 0.05) is 12.6 Å². The summed E-state index contributed by atoms with van der Waals surface area (Å²) in [6, 6.07) is 4.45. The highest BCUT2D eigenvalue weighted by Crippen LogP contribution is 2.35. The predicted molar refractivity (Wildman–Crippen MR) is 80.4 cm³/mol. The van der Waals surface area contributed by atoms with E-state index in [1.807, 2.05) is 12.1 Å². The molecule has 0 bridgehead atoms. The molecule has 0 aliphatic heterocycles. The van der Waals surface area contributed by atoms with Gasteiger partial charge in [-0.05, 0) is 30.5 Å². The molecule has 19 heavy (non-hydrogen) atoms. The topological polar surface area (TPSA) is 30.5 Å². The minimum atomic E-state index is 0.553. The van der Waals surface area contributed by atoms with E-state index < -0.39 is 0 Å². The first-order valence-corrected chi connectivity index (χ1v) is 7.17. The second-order valence-electron chi connectivity index (χ2n) is 4.59. The summed E-state index contributed by atoms with van der Waals surface area (Å²) in [6.07, 6.45) is 3.52. The maximum Gasteiger partial charge on any atom is 0.179 e. The summed E-state index contributed by atoms with van der Waals surface area (Å²) in [4.78, 5) is 0. The zero-order valence-electron chi connectivity index (χ0n) is 12.3. The van der Waals surface area contributed by atoms with E-state index in [9.17, 15) is 0 Å². The first-order chi connectivity index (χ1) is 9.15. The predicted octanol–water partition coefficient (Wildman–Crippen LogP) is 4.03. The fourth-order valence-corrected chi connectivity index (χ4v) is 2.44. The Labute approximate surface area is 121 Å². The van der Waals surface area contributed by atoms with Crippen molar-refractivity contribution >= 4 is 11.6 Å². The molecule has 0 aliphatic carbocycles. The number of hydrogen-bond donors (Lipinski definition) is 1. The van der Waals surface area contributed by atoms with E-state index >= 15 is 0 Å². The number of rotatable bonds is 8. The van der Waals surface area contributed by atoms with Gasteiger partial charge >= 0.3 is 0 Å². The van der Waals surface area contributed by atoms with Crippen LogP contribution >= 0.6 is 11.6 Å². The molecular formula is C15H24ClNO2. The highest BCUT2D eigenvalue weighted by molar-refractivity contribution is 6.32.